The zero-order valence-electron chi connectivity index (χ0n) is 10.1. The van der Waals surface area contributed by atoms with Crippen molar-refractivity contribution in [1.82, 2.24) is 14.9 Å². The maximum absolute atomic E-state index is 6.27. The van der Waals surface area contributed by atoms with Gasteiger partial charge in [-0.25, -0.2) is 4.98 Å². The number of nitrogens with one attached hydrogen (secondary N) is 1. The summed E-state index contributed by atoms with van der Waals surface area (Å²) in [5.74, 6) is 0.753. The summed E-state index contributed by atoms with van der Waals surface area (Å²) in [5, 5.41) is 3.39. The summed E-state index contributed by atoms with van der Waals surface area (Å²) < 4.78 is 8.49. The molecule has 0 saturated carbocycles. The molecule has 0 bridgehead atoms. The van der Waals surface area contributed by atoms with Crippen LogP contribution < -0.4 is 10.1 Å². The fraction of sp³-hybridized carbons (Fsp3) is 0.357. The Morgan fingerprint density at radius 1 is 1.22 bits per heavy atom. The second-order valence-electron chi connectivity index (χ2n) is 4.94. The summed E-state index contributed by atoms with van der Waals surface area (Å²) in [6.45, 7) is 1.99. The molecular weight excluding hydrogens is 226 g/mol. The first-order chi connectivity index (χ1) is 8.89. The van der Waals surface area contributed by atoms with Crippen molar-refractivity contribution < 1.29 is 4.74 Å². The SMILES string of the molecule is c1cnc2c(c1)-n1cccc1C1(CCNCC1)O2. The molecule has 1 N–H and O–H groups in total. The largest absolute Gasteiger partial charge is 0.463 e. The second-order valence-corrected chi connectivity index (χ2v) is 4.94. The number of hydrogen-bond acceptors (Lipinski definition) is 3. The van der Waals surface area contributed by atoms with Crippen LogP contribution >= 0.6 is 0 Å². The van der Waals surface area contributed by atoms with Crippen LogP contribution in [0, 0.1) is 0 Å². The van der Waals surface area contributed by atoms with Crippen LogP contribution in [0.15, 0.2) is 36.7 Å². The average molecular weight is 241 g/mol. The predicted molar refractivity (Wildman–Crippen MR) is 68.0 cm³/mol. The predicted octanol–water partition coefficient (Wildman–Crippen LogP) is 1.84. The van der Waals surface area contributed by atoms with Crippen LogP contribution in [-0.4, -0.2) is 22.6 Å². The van der Waals surface area contributed by atoms with E-state index in [1.54, 1.807) is 6.20 Å². The van der Waals surface area contributed by atoms with E-state index in [0.29, 0.717) is 0 Å². The Kier molecular flexibility index (Phi) is 2.02. The molecule has 1 fully saturated rings. The quantitative estimate of drug-likeness (QED) is 0.765. The summed E-state index contributed by atoms with van der Waals surface area (Å²) in [6.07, 6.45) is 5.88. The molecule has 0 aliphatic carbocycles. The van der Waals surface area contributed by atoms with E-state index < -0.39 is 0 Å². The Morgan fingerprint density at radius 2 is 2.11 bits per heavy atom. The van der Waals surface area contributed by atoms with Crippen LogP contribution in [0.5, 0.6) is 5.88 Å². The van der Waals surface area contributed by atoms with Crippen molar-refractivity contribution in [3.05, 3.63) is 42.4 Å². The number of ether oxygens (including phenoxy) is 1. The van der Waals surface area contributed by atoms with Gasteiger partial charge in [-0.15, -0.1) is 0 Å². The van der Waals surface area contributed by atoms with E-state index in [1.807, 2.05) is 6.07 Å². The Labute approximate surface area is 106 Å². The molecule has 0 amide bonds. The fourth-order valence-electron chi connectivity index (χ4n) is 3.03. The molecule has 0 aromatic carbocycles. The highest BCUT2D eigenvalue weighted by Crippen LogP contribution is 2.42. The van der Waals surface area contributed by atoms with E-state index in [2.05, 4.69) is 39.3 Å². The van der Waals surface area contributed by atoms with Gasteiger partial charge in [0.1, 0.15) is 5.69 Å². The molecule has 18 heavy (non-hydrogen) atoms. The van der Waals surface area contributed by atoms with E-state index in [1.165, 1.54) is 5.69 Å². The highest BCUT2D eigenvalue weighted by molar-refractivity contribution is 5.48. The van der Waals surface area contributed by atoms with Gasteiger partial charge in [0.25, 0.3) is 0 Å². The van der Waals surface area contributed by atoms with Gasteiger partial charge >= 0.3 is 0 Å². The smallest absolute Gasteiger partial charge is 0.239 e. The van der Waals surface area contributed by atoms with Gasteiger partial charge in [-0.1, -0.05) is 0 Å². The standard InChI is InChI=1S/C14H15N3O/c1-3-11-13(16-7-1)18-14(5-8-15-9-6-14)12-4-2-10-17(11)12/h1-4,7,10,15H,5-6,8-9H2. The van der Waals surface area contributed by atoms with Crippen molar-refractivity contribution in [2.75, 3.05) is 13.1 Å². The lowest BCUT2D eigenvalue weighted by Crippen LogP contribution is -2.47. The van der Waals surface area contributed by atoms with Crippen molar-refractivity contribution >= 4 is 0 Å². The number of piperidine rings is 1. The lowest BCUT2D eigenvalue weighted by Gasteiger charge is -2.41. The van der Waals surface area contributed by atoms with Crippen LogP contribution in [-0.2, 0) is 5.60 Å². The van der Waals surface area contributed by atoms with Gasteiger partial charge in [-0.05, 0) is 37.4 Å². The normalized spacial score (nSPS) is 20.0. The Bertz CT molecular complexity index is 584. The molecule has 2 aliphatic heterocycles. The molecule has 2 aliphatic rings. The van der Waals surface area contributed by atoms with Crippen LogP contribution in [0.2, 0.25) is 0 Å². The maximum Gasteiger partial charge on any atom is 0.239 e. The highest BCUT2D eigenvalue weighted by Gasteiger charge is 2.42. The molecular formula is C14H15N3O. The number of fused-ring (bicyclic) bond motifs is 4. The van der Waals surface area contributed by atoms with Crippen molar-refractivity contribution in [3.63, 3.8) is 0 Å². The number of aromatic nitrogens is 2. The minimum atomic E-state index is -0.198. The van der Waals surface area contributed by atoms with Gasteiger partial charge in [0, 0.05) is 25.2 Å². The van der Waals surface area contributed by atoms with Crippen molar-refractivity contribution in [2.45, 2.75) is 18.4 Å². The van der Waals surface area contributed by atoms with E-state index in [0.717, 1.165) is 37.5 Å². The van der Waals surface area contributed by atoms with Crippen molar-refractivity contribution in [1.29, 1.82) is 0 Å². The first-order valence-electron chi connectivity index (χ1n) is 6.42. The Hall–Kier alpha value is -1.81. The topological polar surface area (TPSA) is 39.1 Å². The summed E-state index contributed by atoms with van der Waals surface area (Å²) in [7, 11) is 0. The van der Waals surface area contributed by atoms with Crippen molar-refractivity contribution in [3.8, 4) is 11.6 Å². The fourth-order valence-corrected chi connectivity index (χ4v) is 3.03. The molecule has 4 heterocycles. The van der Waals surface area contributed by atoms with E-state index >= 15 is 0 Å². The van der Waals surface area contributed by atoms with Crippen LogP contribution in [0.3, 0.4) is 0 Å². The van der Waals surface area contributed by atoms with Crippen LogP contribution in [0.1, 0.15) is 18.5 Å². The summed E-state index contributed by atoms with van der Waals surface area (Å²) in [5.41, 5.74) is 2.10. The molecule has 4 rings (SSSR count). The third-order valence-corrected chi connectivity index (χ3v) is 3.93. The number of rotatable bonds is 0. The average Bonchev–Trinajstić information content (AvgIpc) is 2.90. The third kappa shape index (κ3) is 1.26. The van der Waals surface area contributed by atoms with Gasteiger partial charge < -0.3 is 14.6 Å². The molecule has 2 aromatic rings. The molecule has 4 heteroatoms. The first-order valence-corrected chi connectivity index (χ1v) is 6.42. The number of nitrogens with zero attached hydrogens (tertiary/aromatic N) is 2. The Morgan fingerprint density at radius 3 is 3.00 bits per heavy atom. The molecule has 0 atom stereocenters. The van der Waals surface area contributed by atoms with Crippen molar-refractivity contribution in [2.24, 2.45) is 0 Å². The molecule has 0 unspecified atom stereocenters. The monoisotopic (exact) mass is 241 g/mol. The van der Waals surface area contributed by atoms with Gasteiger partial charge in [0.05, 0.1) is 5.69 Å². The van der Waals surface area contributed by atoms with Crippen LogP contribution in [0.4, 0.5) is 0 Å². The zero-order chi connectivity index (χ0) is 12.0. The summed E-state index contributed by atoms with van der Waals surface area (Å²) in [6, 6.07) is 8.26. The van der Waals surface area contributed by atoms with E-state index in [4.69, 9.17) is 4.74 Å². The highest BCUT2D eigenvalue weighted by atomic mass is 16.5. The summed E-state index contributed by atoms with van der Waals surface area (Å²) in [4.78, 5) is 4.38. The van der Waals surface area contributed by atoms with Gasteiger partial charge in [0.15, 0.2) is 5.60 Å². The minimum Gasteiger partial charge on any atom is -0.463 e. The van der Waals surface area contributed by atoms with Crippen LogP contribution in [0.25, 0.3) is 5.69 Å². The summed E-state index contributed by atoms with van der Waals surface area (Å²) >= 11 is 0. The lowest BCUT2D eigenvalue weighted by molar-refractivity contribution is 0.0156. The zero-order valence-corrected chi connectivity index (χ0v) is 10.1. The minimum absolute atomic E-state index is 0.198. The third-order valence-electron chi connectivity index (χ3n) is 3.93. The molecule has 4 nitrogen and oxygen atoms in total. The maximum atomic E-state index is 6.27. The van der Waals surface area contributed by atoms with Gasteiger partial charge in [-0.3, -0.25) is 0 Å². The number of pyridine rings is 1. The number of hydrogen-bond donors (Lipinski definition) is 1. The Balaban J connectivity index is 1.92. The molecule has 0 radical (unpaired) electrons. The van der Waals surface area contributed by atoms with E-state index in [9.17, 15) is 0 Å². The second kappa shape index (κ2) is 3.59. The first kappa shape index (κ1) is 10.1. The molecule has 1 spiro atoms. The van der Waals surface area contributed by atoms with Gasteiger partial charge in [-0.2, -0.15) is 0 Å². The van der Waals surface area contributed by atoms with Gasteiger partial charge in [0.2, 0.25) is 5.88 Å². The molecule has 92 valence electrons. The van der Waals surface area contributed by atoms with E-state index in [-0.39, 0.29) is 5.60 Å². The lowest BCUT2D eigenvalue weighted by atomic mass is 9.87. The molecule has 2 aromatic heterocycles. The molecule has 1 saturated heterocycles.